The summed E-state index contributed by atoms with van der Waals surface area (Å²) in [5, 5.41) is 3.75. The molecule has 3 aromatic heterocycles. The Bertz CT molecular complexity index is 1490. The van der Waals surface area contributed by atoms with Gasteiger partial charge in [-0.2, -0.15) is 0 Å². The number of H-pyrrole nitrogens is 2. The standard InChI is InChI=1S/C23H25N5O3S2/c1-11-12(2)32-20-18(11)21(30)28(15-6-4-5-7-15)23(27-20)33-13(3)19(29)24-14-8-9-16-17(10-14)26-22(31)25-16/h8-10,13,15H,4-7H2,1-3H3,(H,24,29)(H2,25,26,31). The average Bonchev–Trinajstić information content (AvgIpc) is 3.47. The van der Waals surface area contributed by atoms with Crippen LogP contribution >= 0.6 is 23.1 Å². The third-order valence-corrected chi connectivity index (χ3v) is 8.49. The van der Waals surface area contributed by atoms with Gasteiger partial charge in [0.2, 0.25) is 5.91 Å². The van der Waals surface area contributed by atoms with Crippen molar-refractivity contribution < 1.29 is 4.79 Å². The Morgan fingerprint density at radius 2 is 1.94 bits per heavy atom. The molecule has 33 heavy (non-hydrogen) atoms. The molecule has 10 heteroatoms. The molecular formula is C23H25N5O3S2. The van der Waals surface area contributed by atoms with Crippen molar-refractivity contribution in [3.63, 3.8) is 0 Å². The van der Waals surface area contributed by atoms with E-state index in [-0.39, 0.29) is 23.2 Å². The lowest BCUT2D eigenvalue weighted by atomic mass is 10.2. The molecule has 0 spiro atoms. The van der Waals surface area contributed by atoms with E-state index in [1.54, 1.807) is 18.2 Å². The average molecular weight is 484 g/mol. The largest absolute Gasteiger partial charge is 0.325 e. The van der Waals surface area contributed by atoms with E-state index in [1.807, 2.05) is 25.3 Å². The Balaban J connectivity index is 1.45. The maximum atomic E-state index is 13.5. The number of rotatable bonds is 5. The normalized spacial score (nSPS) is 15.5. The Morgan fingerprint density at radius 3 is 2.70 bits per heavy atom. The van der Waals surface area contributed by atoms with Crippen molar-refractivity contribution in [3.8, 4) is 0 Å². The highest BCUT2D eigenvalue weighted by molar-refractivity contribution is 8.00. The predicted molar refractivity (Wildman–Crippen MR) is 134 cm³/mol. The number of thioether (sulfide) groups is 1. The van der Waals surface area contributed by atoms with Crippen LogP contribution in [0.4, 0.5) is 5.69 Å². The summed E-state index contributed by atoms with van der Waals surface area (Å²) in [6, 6.07) is 5.34. The summed E-state index contributed by atoms with van der Waals surface area (Å²) in [6.45, 7) is 5.81. The van der Waals surface area contributed by atoms with E-state index in [0.717, 1.165) is 41.0 Å². The zero-order valence-electron chi connectivity index (χ0n) is 18.7. The third kappa shape index (κ3) is 4.02. The predicted octanol–water partition coefficient (Wildman–Crippen LogP) is 4.48. The number of aryl methyl sites for hydroxylation is 2. The molecule has 8 nitrogen and oxygen atoms in total. The van der Waals surface area contributed by atoms with E-state index >= 15 is 0 Å². The van der Waals surface area contributed by atoms with E-state index < -0.39 is 5.25 Å². The molecule has 0 bridgehead atoms. The van der Waals surface area contributed by atoms with Gasteiger partial charge < -0.3 is 15.3 Å². The molecule has 172 valence electrons. The highest BCUT2D eigenvalue weighted by atomic mass is 32.2. The first-order valence-corrected chi connectivity index (χ1v) is 12.7. The maximum Gasteiger partial charge on any atom is 0.323 e. The molecule has 1 unspecified atom stereocenters. The number of imidazole rings is 1. The number of anilines is 1. The number of amides is 1. The molecule has 1 aliphatic rings. The number of hydrogen-bond donors (Lipinski definition) is 3. The molecule has 1 atom stereocenters. The van der Waals surface area contributed by atoms with Crippen LogP contribution in [0.2, 0.25) is 0 Å². The molecule has 1 aromatic carbocycles. The van der Waals surface area contributed by atoms with Gasteiger partial charge in [0.25, 0.3) is 5.56 Å². The van der Waals surface area contributed by atoms with E-state index in [4.69, 9.17) is 4.98 Å². The maximum absolute atomic E-state index is 13.5. The number of carbonyl (C=O) groups excluding carboxylic acids is 1. The van der Waals surface area contributed by atoms with Crippen LogP contribution in [0.1, 0.15) is 49.1 Å². The third-order valence-electron chi connectivity index (χ3n) is 6.33. The smallest absolute Gasteiger partial charge is 0.323 e. The van der Waals surface area contributed by atoms with Gasteiger partial charge in [0, 0.05) is 16.6 Å². The number of nitrogens with zero attached hydrogens (tertiary/aromatic N) is 2. The molecule has 1 saturated carbocycles. The zero-order valence-corrected chi connectivity index (χ0v) is 20.3. The minimum Gasteiger partial charge on any atom is -0.325 e. The minimum atomic E-state index is -0.467. The lowest BCUT2D eigenvalue weighted by Gasteiger charge is -2.20. The first-order valence-electron chi connectivity index (χ1n) is 11.0. The van der Waals surface area contributed by atoms with Crippen LogP contribution in [0.15, 0.2) is 32.9 Å². The van der Waals surface area contributed by atoms with Crippen molar-refractivity contribution >= 4 is 55.9 Å². The SMILES string of the molecule is Cc1sc2nc(SC(C)C(=O)Nc3ccc4[nH]c(=O)[nH]c4c3)n(C3CCCC3)c(=O)c2c1C. The number of carbonyl (C=O) groups is 1. The van der Waals surface area contributed by atoms with E-state index in [0.29, 0.717) is 27.3 Å². The van der Waals surface area contributed by atoms with Crippen LogP contribution in [-0.2, 0) is 4.79 Å². The number of fused-ring (bicyclic) bond motifs is 2. The molecular weight excluding hydrogens is 458 g/mol. The molecule has 0 aliphatic heterocycles. The van der Waals surface area contributed by atoms with Gasteiger partial charge in [-0.3, -0.25) is 14.2 Å². The van der Waals surface area contributed by atoms with Crippen molar-refractivity contribution in [2.45, 2.75) is 62.9 Å². The fourth-order valence-electron chi connectivity index (χ4n) is 4.42. The number of aromatic amines is 2. The number of nitrogens with one attached hydrogen (secondary N) is 3. The van der Waals surface area contributed by atoms with Crippen LogP contribution in [-0.4, -0.2) is 30.7 Å². The number of benzene rings is 1. The van der Waals surface area contributed by atoms with Gasteiger partial charge in [-0.1, -0.05) is 24.6 Å². The quantitative estimate of drug-likeness (QED) is 0.286. The van der Waals surface area contributed by atoms with Crippen LogP contribution in [0.3, 0.4) is 0 Å². The monoisotopic (exact) mass is 483 g/mol. The summed E-state index contributed by atoms with van der Waals surface area (Å²) in [5.74, 6) is -0.192. The van der Waals surface area contributed by atoms with E-state index in [2.05, 4.69) is 15.3 Å². The van der Waals surface area contributed by atoms with E-state index in [1.165, 1.54) is 23.1 Å². The molecule has 3 N–H and O–H groups in total. The fourth-order valence-corrected chi connectivity index (χ4v) is 6.47. The van der Waals surface area contributed by atoms with Crippen molar-refractivity contribution in [2.75, 3.05) is 5.32 Å². The summed E-state index contributed by atoms with van der Waals surface area (Å²) in [4.78, 5) is 50.0. The first-order chi connectivity index (χ1) is 15.8. The summed E-state index contributed by atoms with van der Waals surface area (Å²) < 4.78 is 1.83. The van der Waals surface area contributed by atoms with Gasteiger partial charge in [0.05, 0.1) is 21.7 Å². The highest BCUT2D eigenvalue weighted by Gasteiger charge is 2.27. The van der Waals surface area contributed by atoms with Crippen LogP contribution in [0.5, 0.6) is 0 Å². The van der Waals surface area contributed by atoms with Gasteiger partial charge in [0.1, 0.15) is 4.83 Å². The number of aromatic nitrogens is 4. The molecule has 1 fully saturated rings. The molecule has 3 heterocycles. The summed E-state index contributed by atoms with van der Waals surface area (Å²) >= 11 is 2.85. The molecule has 0 saturated heterocycles. The molecule has 1 amide bonds. The second-order valence-electron chi connectivity index (χ2n) is 8.56. The van der Waals surface area contributed by atoms with Crippen LogP contribution in [0.25, 0.3) is 21.3 Å². The molecule has 1 aliphatic carbocycles. The minimum absolute atomic E-state index is 0.00530. The van der Waals surface area contributed by atoms with Crippen LogP contribution < -0.4 is 16.6 Å². The molecule has 4 aromatic rings. The summed E-state index contributed by atoms with van der Waals surface area (Å²) in [5.41, 5.74) is 2.62. The lowest BCUT2D eigenvalue weighted by Crippen LogP contribution is -2.28. The van der Waals surface area contributed by atoms with Crippen molar-refractivity contribution in [2.24, 2.45) is 0 Å². The summed E-state index contributed by atoms with van der Waals surface area (Å²) in [6.07, 6.45) is 4.11. The first kappa shape index (κ1) is 22.0. The number of thiophene rings is 1. The van der Waals surface area contributed by atoms with Gasteiger partial charge in [-0.25, -0.2) is 9.78 Å². The highest BCUT2D eigenvalue weighted by Crippen LogP contribution is 2.35. The summed E-state index contributed by atoms with van der Waals surface area (Å²) in [7, 11) is 0. The van der Waals surface area contributed by atoms with Gasteiger partial charge >= 0.3 is 5.69 Å². The molecule has 5 rings (SSSR count). The second-order valence-corrected chi connectivity index (χ2v) is 11.1. The topological polar surface area (TPSA) is 113 Å². The van der Waals surface area contributed by atoms with E-state index in [9.17, 15) is 14.4 Å². The Morgan fingerprint density at radius 1 is 1.21 bits per heavy atom. The lowest BCUT2D eigenvalue weighted by molar-refractivity contribution is -0.115. The number of hydrogen-bond acceptors (Lipinski definition) is 6. The van der Waals surface area contributed by atoms with Crippen molar-refractivity contribution in [1.29, 1.82) is 0 Å². The second kappa shape index (κ2) is 8.49. The Hall–Kier alpha value is -2.85. The Kier molecular flexibility index (Phi) is 5.65. The van der Waals surface area contributed by atoms with Crippen LogP contribution in [0, 0.1) is 13.8 Å². The molecule has 0 radical (unpaired) electrons. The van der Waals surface area contributed by atoms with Gasteiger partial charge in [-0.15, -0.1) is 11.3 Å². The van der Waals surface area contributed by atoms with Crippen molar-refractivity contribution in [1.82, 2.24) is 19.5 Å². The van der Waals surface area contributed by atoms with Crippen molar-refractivity contribution in [3.05, 3.63) is 49.5 Å². The zero-order chi connectivity index (χ0) is 23.3. The fraction of sp³-hybridized carbons (Fsp3) is 0.391. The Labute approximate surface area is 197 Å². The van der Waals surface area contributed by atoms with Gasteiger partial charge in [0.15, 0.2) is 5.16 Å². The van der Waals surface area contributed by atoms with Gasteiger partial charge in [-0.05, 0) is 57.4 Å².